The number of carbonyl (C=O) groups is 2. The zero-order valence-corrected chi connectivity index (χ0v) is 18.6. The summed E-state index contributed by atoms with van der Waals surface area (Å²) in [4.78, 5) is 25.3. The molecule has 0 unspecified atom stereocenters. The van der Waals surface area contributed by atoms with E-state index in [1.54, 1.807) is 34.8 Å². The Hall–Kier alpha value is -4.40. The molecule has 4 rings (SSSR count). The van der Waals surface area contributed by atoms with Crippen molar-refractivity contribution < 1.29 is 14.3 Å². The fraction of sp³-hybridized carbons (Fsp3) is 0.167. The average molecular weight is 444 g/mol. The van der Waals surface area contributed by atoms with Crippen LogP contribution < -0.4 is 15.6 Å². The lowest BCUT2D eigenvalue weighted by molar-refractivity contribution is -0.122. The highest BCUT2D eigenvalue weighted by atomic mass is 16.5. The van der Waals surface area contributed by atoms with Crippen molar-refractivity contribution in [3.8, 4) is 22.7 Å². The normalized spacial score (nSPS) is 10.6. The molecule has 0 atom stereocenters. The smallest absolute Gasteiger partial charge is 0.273 e. The van der Waals surface area contributed by atoms with Gasteiger partial charge in [0.05, 0.1) is 24.1 Å². The summed E-state index contributed by atoms with van der Waals surface area (Å²) in [7, 11) is 1.59. The SMILES string of the molecule is COc1ccc(-c2nn(-c3ccccc3)cc2C(=O)NNC(=O)Cn2nc(C)cc2C)cc1. The molecule has 2 aromatic heterocycles. The summed E-state index contributed by atoms with van der Waals surface area (Å²) >= 11 is 0. The fourth-order valence-electron chi connectivity index (χ4n) is 3.42. The second-order valence-electron chi connectivity index (χ2n) is 7.49. The Morgan fingerprint density at radius 2 is 1.70 bits per heavy atom. The minimum Gasteiger partial charge on any atom is -0.497 e. The lowest BCUT2D eigenvalue weighted by atomic mass is 10.1. The van der Waals surface area contributed by atoms with Crippen LogP contribution in [0.4, 0.5) is 0 Å². The number of methoxy groups -OCH3 is 1. The van der Waals surface area contributed by atoms with Gasteiger partial charge in [0.2, 0.25) is 0 Å². The van der Waals surface area contributed by atoms with Crippen LogP contribution in [0.1, 0.15) is 21.7 Å². The second kappa shape index (κ2) is 9.39. The van der Waals surface area contributed by atoms with Crippen molar-refractivity contribution in [2.24, 2.45) is 0 Å². The number of ether oxygens (including phenoxy) is 1. The van der Waals surface area contributed by atoms with Crippen molar-refractivity contribution in [2.45, 2.75) is 20.4 Å². The molecule has 2 aromatic carbocycles. The Bertz CT molecular complexity index is 1280. The molecule has 168 valence electrons. The van der Waals surface area contributed by atoms with E-state index in [1.807, 2.05) is 62.4 Å². The lowest BCUT2D eigenvalue weighted by Gasteiger charge is -2.09. The predicted molar refractivity (Wildman–Crippen MR) is 123 cm³/mol. The van der Waals surface area contributed by atoms with Gasteiger partial charge in [0.1, 0.15) is 18.0 Å². The van der Waals surface area contributed by atoms with Gasteiger partial charge < -0.3 is 4.74 Å². The number of nitrogens with one attached hydrogen (secondary N) is 2. The van der Waals surface area contributed by atoms with E-state index in [4.69, 9.17) is 4.74 Å². The van der Waals surface area contributed by atoms with E-state index < -0.39 is 11.8 Å². The maximum Gasteiger partial charge on any atom is 0.273 e. The van der Waals surface area contributed by atoms with Gasteiger partial charge in [0, 0.05) is 17.5 Å². The number of carbonyl (C=O) groups excluding carboxylic acids is 2. The molecule has 9 nitrogen and oxygen atoms in total. The number of aromatic nitrogens is 4. The van der Waals surface area contributed by atoms with E-state index in [-0.39, 0.29) is 6.54 Å². The molecule has 2 N–H and O–H groups in total. The van der Waals surface area contributed by atoms with Crippen molar-refractivity contribution in [1.29, 1.82) is 0 Å². The fourth-order valence-corrected chi connectivity index (χ4v) is 3.42. The van der Waals surface area contributed by atoms with Gasteiger partial charge in [-0.15, -0.1) is 0 Å². The first-order chi connectivity index (χ1) is 15.9. The Morgan fingerprint density at radius 3 is 2.33 bits per heavy atom. The third-order valence-electron chi connectivity index (χ3n) is 5.06. The van der Waals surface area contributed by atoms with Crippen LogP contribution in [0.2, 0.25) is 0 Å². The first-order valence-electron chi connectivity index (χ1n) is 10.3. The Kier molecular flexibility index (Phi) is 6.21. The van der Waals surface area contributed by atoms with E-state index >= 15 is 0 Å². The van der Waals surface area contributed by atoms with Gasteiger partial charge in [0.25, 0.3) is 11.8 Å². The molecule has 0 spiro atoms. The number of hydrogen-bond donors (Lipinski definition) is 2. The number of hydrogen-bond acceptors (Lipinski definition) is 5. The van der Waals surface area contributed by atoms with E-state index in [0.29, 0.717) is 17.0 Å². The first-order valence-corrected chi connectivity index (χ1v) is 10.3. The summed E-state index contributed by atoms with van der Waals surface area (Å²) in [5.41, 5.74) is 8.96. The molecule has 0 bridgehead atoms. The van der Waals surface area contributed by atoms with Crippen LogP contribution >= 0.6 is 0 Å². The Morgan fingerprint density at radius 1 is 0.970 bits per heavy atom. The van der Waals surface area contributed by atoms with Gasteiger partial charge in [0.15, 0.2) is 0 Å². The highest BCUT2D eigenvalue weighted by Crippen LogP contribution is 2.25. The van der Waals surface area contributed by atoms with E-state index in [2.05, 4.69) is 21.0 Å². The molecule has 4 aromatic rings. The molecule has 2 heterocycles. The number of hydrazine groups is 1. The zero-order valence-electron chi connectivity index (χ0n) is 18.6. The van der Waals surface area contributed by atoms with Gasteiger partial charge in [-0.05, 0) is 56.3 Å². The third kappa shape index (κ3) is 4.93. The summed E-state index contributed by atoms with van der Waals surface area (Å²) in [6.07, 6.45) is 1.64. The highest BCUT2D eigenvalue weighted by Gasteiger charge is 2.19. The number of rotatable bonds is 6. The minimum absolute atomic E-state index is 0.00539. The Labute approximate surface area is 191 Å². The second-order valence-corrected chi connectivity index (χ2v) is 7.49. The number of aryl methyl sites for hydroxylation is 2. The first kappa shape index (κ1) is 21.8. The van der Waals surface area contributed by atoms with Gasteiger partial charge in [-0.2, -0.15) is 10.2 Å². The van der Waals surface area contributed by atoms with Crippen molar-refractivity contribution >= 4 is 11.8 Å². The van der Waals surface area contributed by atoms with Crippen LogP contribution in [-0.4, -0.2) is 38.5 Å². The van der Waals surface area contributed by atoms with Gasteiger partial charge in [-0.25, -0.2) is 4.68 Å². The molecular weight excluding hydrogens is 420 g/mol. The van der Waals surface area contributed by atoms with E-state index in [1.165, 1.54) is 0 Å². The molecule has 0 saturated heterocycles. The predicted octanol–water partition coefficient (Wildman–Crippen LogP) is 2.82. The number of para-hydroxylation sites is 1. The molecule has 9 heteroatoms. The topological polar surface area (TPSA) is 103 Å². The highest BCUT2D eigenvalue weighted by molar-refractivity contribution is 6.00. The summed E-state index contributed by atoms with van der Waals surface area (Å²) in [5, 5.41) is 8.88. The van der Waals surface area contributed by atoms with Crippen LogP contribution in [0.5, 0.6) is 5.75 Å². The quantitative estimate of drug-likeness (QED) is 0.445. The molecule has 0 saturated carbocycles. The number of nitrogens with zero attached hydrogens (tertiary/aromatic N) is 4. The molecule has 0 aliphatic heterocycles. The Balaban J connectivity index is 1.56. The van der Waals surface area contributed by atoms with Crippen LogP contribution in [0, 0.1) is 13.8 Å². The van der Waals surface area contributed by atoms with Crippen molar-refractivity contribution in [3.05, 3.63) is 83.8 Å². The largest absolute Gasteiger partial charge is 0.497 e. The molecule has 0 aliphatic carbocycles. The average Bonchev–Trinajstić information content (AvgIpc) is 3.41. The molecule has 2 amide bonds. The minimum atomic E-state index is -0.482. The molecule has 33 heavy (non-hydrogen) atoms. The molecule has 0 fully saturated rings. The third-order valence-corrected chi connectivity index (χ3v) is 5.06. The van der Waals surface area contributed by atoms with E-state index in [0.717, 1.165) is 22.6 Å². The van der Waals surface area contributed by atoms with Crippen molar-refractivity contribution in [1.82, 2.24) is 30.4 Å². The van der Waals surface area contributed by atoms with Gasteiger partial charge >= 0.3 is 0 Å². The van der Waals surface area contributed by atoms with Crippen molar-refractivity contribution in [3.63, 3.8) is 0 Å². The van der Waals surface area contributed by atoms with E-state index in [9.17, 15) is 9.59 Å². The summed E-state index contributed by atoms with van der Waals surface area (Å²) < 4.78 is 8.43. The lowest BCUT2D eigenvalue weighted by Crippen LogP contribution is -2.43. The van der Waals surface area contributed by atoms with Crippen LogP contribution in [-0.2, 0) is 11.3 Å². The van der Waals surface area contributed by atoms with Gasteiger partial charge in [-0.1, -0.05) is 18.2 Å². The number of amides is 2. The summed E-state index contributed by atoms with van der Waals surface area (Å²) in [6.45, 7) is 3.72. The standard InChI is InChI=1S/C24H24N6O3/c1-16-13-17(2)29(27-16)15-22(31)25-26-24(32)21-14-30(19-7-5-4-6-8-19)28-23(21)18-9-11-20(33-3)12-10-18/h4-14H,15H2,1-3H3,(H,25,31)(H,26,32). The molecule has 0 aliphatic rings. The van der Waals surface area contributed by atoms with Crippen LogP contribution in [0.25, 0.3) is 16.9 Å². The zero-order chi connectivity index (χ0) is 23.4. The maximum atomic E-state index is 13.0. The van der Waals surface area contributed by atoms with Gasteiger partial charge in [-0.3, -0.25) is 25.1 Å². The maximum absolute atomic E-state index is 13.0. The number of benzene rings is 2. The monoisotopic (exact) mass is 444 g/mol. The summed E-state index contributed by atoms with van der Waals surface area (Å²) in [6, 6.07) is 18.6. The van der Waals surface area contributed by atoms with Crippen LogP contribution in [0.15, 0.2) is 66.9 Å². The molecular formula is C24H24N6O3. The molecule has 0 radical (unpaired) electrons. The van der Waals surface area contributed by atoms with Crippen molar-refractivity contribution in [2.75, 3.05) is 7.11 Å². The van der Waals surface area contributed by atoms with Crippen LogP contribution in [0.3, 0.4) is 0 Å². The summed E-state index contributed by atoms with van der Waals surface area (Å²) in [5.74, 6) is -0.177.